The van der Waals surface area contributed by atoms with Gasteiger partial charge in [0, 0.05) is 5.56 Å². The van der Waals surface area contributed by atoms with Crippen LogP contribution in [-0.4, -0.2) is 36.1 Å². The molecule has 198 valence electrons. The fourth-order valence-corrected chi connectivity index (χ4v) is 3.53. The Kier molecular flexibility index (Phi) is 9.53. The normalized spacial score (nSPS) is 11.7. The van der Waals surface area contributed by atoms with Crippen molar-refractivity contribution in [2.75, 3.05) is 7.11 Å². The standard InChI is InChI=1S/C28H30N4O6/c1-18(2)26(30-27(33)21-12-10-19(3)11-13-21)28(34)31-29-16-22-14-24(37-4)25(15-23(22)32(35)36)38-17-20-8-6-5-7-9-20/h5-16,18,26H,17H2,1-4H3,(H,30,33)(H,31,34). The highest BCUT2D eigenvalue weighted by Crippen LogP contribution is 2.34. The molecule has 0 bridgehead atoms. The molecule has 1 atom stereocenters. The highest BCUT2D eigenvalue weighted by Gasteiger charge is 2.25. The lowest BCUT2D eigenvalue weighted by atomic mass is 10.0. The Bertz CT molecular complexity index is 1310. The molecule has 0 saturated heterocycles. The number of carbonyl (C=O) groups excluding carboxylic acids is 2. The van der Waals surface area contributed by atoms with E-state index in [2.05, 4.69) is 15.8 Å². The van der Waals surface area contributed by atoms with E-state index in [1.807, 2.05) is 49.4 Å². The second-order valence-electron chi connectivity index (χ2n) is 8.89. The van der Waals surface area contributed by atoms with Crippen molar-refractivity contribution in [3.63, 3.8) is 0 Å². The van der Waals surface area contributed by atoms with Crippen molar-refractivity contribution < 1.29 is 24.0 Å². The summed E-state index contributed by atoms with van der Waals surface area (Å²) in [5, 5.41) is 18.3. The van der Waals surface area contributed by atoms with Gasteiger partial charge in [0.05, 0.1) is 29.9 Å². The van der Waals surface area contributed by atoms with Crippen LogP contribution in [0.3, 0.4) is 0 Å². The lowest BCUT2D eigenvalue weighted by Crippen LogP contribution is -2.48. The van der Waals surface area contributed by atoms with Gasteiger partial charge in [-0.25, -0.2) is 5.43 Å². The Morgan fingerprint density at radius 1 is 1.05 bits per heavy atom. The maximum absolute atomic E-state index is 12.8. The largest absolute Gasteiger partial charge is 0.493 e. The zero-order valence-corrected chi connectivity index (χ0v) is 21.6. The Hall–Kier alpha value is -4.73. The number of methoxy groups -OCH3 is 1. The molecule has 1 unspecified atom stereocenters. The minimum atomic E-state index is -0.876. The maximum atomic E-state index is 12.8. The number of nitro benzene ring substituents is 1. The molecule has 0 aliphatic carbocycles. The number of nitrogens with zero attached hydrogens (tertiary/aromatic N) is 2. The van der Waals surface area contributed by atoms with Crippen molar-refractivity contribution in [1.82, 2.24) is 10.7 Å². The summed E-state index contributed by atoms with van der Waals surface area (Å²) in [4.78, 5) is 36.6. The first-order chi connectivity index (χ1) is 18.2. The first-order valence-electron chi connectivity index (χ1n) is 11.9. The molecular formula is C28H30N4O6. The molecule has 3 rings (SSSR count). The average molecular weight is 519 g/mol. The summed E-state index contributed by atoms with van der Waals surface area (Å²) in [7, 11) is 1.42. The zero-order valence-electron chi connectivity index (χ0n) is 21.6. The summed E-state index contributed by atoms with van der Waals surface area (Å²) in [5.74, 6) is -0.730. The van der Waals surface area contributed by atoms with Gasteiger partial charge in [-0.05, 0) is 36.6 Å². The number of hydrogen-bond acceptors (Lipinski definition) is 7. The second kappa shape index (κ2) is 13.0. The van der Waals surface area contributed by atoms with Crippen molar-refractivity contribution in [3.8, 4) is 11.5 Å². The minimum absolute atomic E-state index is 0.101. The second-order valence-corrected chi connectivity index (χ2v) is 8.89. The van der Waals surface area contributed by atoms with Gasteiger partial charge in [0.15, 0.2) is 11.5 Å². The fourth-order valence-electron chi connectivity index (χ4n) is 3.53. The molecule has 0 radical (unpaired) electrons. The molecule has 10 nitrogen and oxygen atoms in total. The van der Waals surface area contributed by atoms with Crippen molar-refractivity contribution in [3.05, 3.63) is 99.1 Å². The number of carbonyl (C=O) groups is 2. The Morgan fingerprint density at radius 2 is 1.74 bits per heavy atom. The van der Waals surface area contributed by atoms with Crippen molar-refractivity contribution >= 4 is 23.7 Å². The van der Waals surface area contributed by atoms with Crippen LogP contribution in [0.2, 0.25) is 0 Å². The fraction of sp³-hybridized carbons (Fsp3) is 0.250. The van der Waals surface area contributed by atoms with Crippen molar-refractivity contribution in [2.45, 2.75) is 33.4 Å². The Labute approximate surface area is 220 Å². The minimum Gasteiger partial charge on any atom is -0.493 e. The molecule has 3 aromatic rings. The van der Waals surface area contributed by atoms with E-state index in [1.54, 1.807) is 26.0 Å². The molecule has 0 aliphatic rings. The van der Waals surface area contributed by atoms with Crippen LogP contribution in [0.25, 0.3) is 0 Å². The quantitative estimate of drug-likeness (QED) is 0.220. The highest BCUT2D eigenvalue weighted by atomic mass is 16.6. The van der Waals surface area contributed by atoms with Crippen LogP contribution >= 0.6 is 0 Å². The van der Waals surface area contributed by atoms with Crippen LogP contribution < -0.4 is 20.2 Å². The molecule has 10 heteroatoms. The summed E-state index contributed by atoms with van der Waals surface area (Å²) in [5.41, 5.74) is 4.51. The number of hydrogen-bond donors (Lipinski definition) is 2. The van der Waals surface area contributed by atoms with E-state index in [9.17, 15) is 19.7 Å². The average Bonchev–Trinajstić information content (AvgIpc) is 2.91. The number of amides is 2. The number of nitrogens with one attached hydrogen (secondary N) is 2. The van der Waals surface area contributed by atoms with E-state index < -0.39 is 22.8 Å². The zero-order chi connectivity index (χ0) is 27.7. The van der Waals surface area contributed by atoms with Gasteiger partial charge in [-0.1, -0.05) is 61.9 Å². The first-order valence-corrected chi connectivity index (χ1v) is 11.9. The summed E-state index contributed by atoms with van der Waals surface area (Å²) in [6.07, 6.45) is 1.15. The first kappa shape index (κ1) is 27.9. The summed E-state index contributed by atoms with van der Waals surface area (Å²) >= 11 is 0. The third kappa shape index (κ3) is 7.39. The molecule has 0 saturated carbocycles. The van der Waals surface area contributed by atoms with E-state index in [0.717, 1.165) is 17.3 Å². The maximum Gasteiger partial charge on any atom is 0.282 e. The van der Waals surface area contributed by atoms with Crippen LogP contribution in [-0.2, 0) is 11.4 Å². The van der Waals surface area contributed by atoms with Gasteiger partial charge in [0.25, 0.3) is 17.5 Å². The van der Waals surface area contributed by atoms with E-state index in [1.165, 1.54) is 19.2 Å². The van der Waals surface area contributed by atoms with Crippen LogP contribution in [0.1, 0.15) is 40.9 Å². The lowest BCUT2D eigenvalue weighted by molar-refractivity contribution is -0.385. The lowest BCUT2D eigenvalue weighted by Gasteiger charge is -2.20. The van der Waals surface area contributed by atoms with Crippen LogP contribution in [0.4, 0.5) is 5.69 Å². The number of benzene rings is 3. The van der Waals surface area contributed by atoms with Gasteiger partial charge in [-0.15, -0.1) is 0 Å². The number of aryl methyl sites for hydroxylation is 1. The predicted octanol–water partition coefficient (Wildman–Crippen LogP) is 4.40. The molecule has 38 heavy (non-hydrogen) atoms. The van der Waals surface area contributed by atoms with Gasteiger partial charge in [-0.3, -0.25) is 19.7 Å². The predicted molar refractivity (Wildman–Crippen MR) is 143 cm³/mol. The van der Waals surface area contributed by atoms with Gasteiger partial charge >= 0.3 is 0 Å². The van der Waals surface area contributed by atoms with E-state index in [-0.39, 0.29) is 35.3 Å². The van der Waals surface area contributed by atoms with Crippen molar-refractivity contribution in [1.29, 1.82) is 0 Å². The van der Waals surface area contributed by atoms with E-state index >= 15 is 0 Å². The van der Waals surface area contributed by atoms with Gasteiger partial charge in [-0.2, -0.15) is 5.10 Å². The summed E-state index contributed by atoms with van der Waals surface area (Å²) in [6, 6.07) is 18.1. The van der Waals surface area contributed by atoms with E-state index in [4.69, 9.17) is 9.47 Å². The van der Waals surface area contributed by atoms with Gasteiger partial charge in [0.1, 0.15) is 12.6 Å². The van der Waals surface area contributed by atoms with Gasteiger partial charge in [0.2, 0.25) is 0 Å². The topological polar surface area (TPSA) is 132 Å². The molecule has 0 heterocycles. The molecule has 0 aromatic heterocycles. The smallest absolute Gasteiger partial charge is 0.282 e. The van der Waals surface area contributed by atoms with Crippen LogP contribution in [0.15, 0.2) is 71.8 Å². The number of ether oxygens (including phenoxy) is 2. The number of hydrazone groups is 1. The van der Waals surface area contributed by atoms with Gasteiger partial charge < -0.3 is 14.8 Å². The summed E-state index contributed by atoms with van der Waals surface area (Å²) < 4.78 is 11.1. The SMILES string of the molecule is COc1cc(C=NNC(=O)C(NC(=O)c2ccc(C)cc2)C(C)C)c([N+](=O)[O-])cc1OCc1ccccc1. The van der Waals surface area contributed by atoms with Crippen molar-refractivity contribution in [2.24, 2.45) is 11.0 Å². The summed E-state index contributed by atoms with van der Waals surface area (Å²) in [6.45, 7) is 5.68. The van der Waals surface area contributed by atoms with Crippen LogP contribution in [0, 0.1) is 23.0 Å². The molecule has 0 aliphatic heterocycles. The Morgan fingerprint density at radius 3 is 2.34 bits per heavy atom. The molecule has 2 N–H and O–H groups in total. The molecule has 3 aromatic carbocycles. The molecular weight excluding hydrogens is 488 g/mol. The Balaban J connectivity index is 1.74. The highest BCUT2D eigenvalue weighted by molar-refractivity contribution is 5.98. The molecule has 2 amide bonds. The van der Waals surface area contributed by atoms with E-state index in [0.29, 0.717) is 5.56 Å². The van der Waals surface area contributed by atoms with Crippen LogP contribution in [0.5, 0.6) is 11.5 Å². The third-order valence-corrected chi connectivity index (χ3v) is 5.67. The third-order valence-electron chi connectivity index (χ3n) is 5.67. The molecule has 0 spiro atoms. The number of rotatable bonds is 11. The number of nitro groups is 1. The molecule has 0 fully saturated rings. The monoisotopic (exact) mass is 518 g/mol.